The first-order valence-corrected chi connectivity index (χ1v) is 14.5. The van der Waals surface area contributed by atoms with E-state index < -0.39 is 5.60 Å². The summed E-state index contributed by atoms with van der Waals surface area (Å²) in [6.07, 6.45) is 7.59. The van der Waals surface area contributed by atoms with Crippen LogP contribution in [0.3, 0.4) is 0 Å². The average molecular weight is 531 g/mol. The average Bonchev–Trinajstić information content (AvgIpc) is 3.35. The summed E-state index contributed by atoms with van der Waals surface area (Å²) in [5.74, 6) is 0.794. The topological polar surface area (TPSA) is 59.7 Å². The zero-order chi connectivity index (χ0) is 28.5. The molecule has 0 atom stereocenters. The third kappa shape index (κ3) is 6.21. The second kappa shape index (κ2) is 11.5. The molecule has 1 aliphatic rings. The first-order chi connectivity index (χ1) is 18.4. The van der Waals surface area contributed by atoms with Crippen LogP contribution in [-0.2, 0) is 4.74 Å². The smallest absolute Gasteiger partial charge is 0.410 e. The van der Waals surface area contributed by atoms with Crippen molar-refractivity contribution in [1.29, 1.82) is 0 Å². The van der Waals surface area contributed by atoms with Gasteiger partial charge in [-0.15, -0.1) is 0 Å². The minimum Gasteiger partial charge on any atom is -0.444 e. The Hall–Kier alpha value is -3.15. The lowest BCUT2D eigenvalue weighted by Gasteiger charge is -2.34. The van der Waals surface area contributed by atoms with E-state index in [0.717, 1.165) is 44.4 Å². The summed E-state index contributed by atoms with van der Waals surface area (Å²) in [6, 6.07) is 7.01. The van der Waals surface area contributed by atoms with E-state index >= 15 is 0 Å². The van der Waals surface area contributed by atoms with Crippen molar-refractivity contribution in [3.63, 3.8) is 0 Å². The predicted molar refractivity (Wildman–Crippen MR) is 160 cm³/mol. The molecule has 1 aliphatic heterocycles. The Kier molecular flexibility index (Phi) is 8.53. The van der Waals surface area contributed by atoms with Gasteiger partial charge in [0, 0.05) is 19.3 Å². The monoisotopic (exact) mass is 530 g/mol. The van der Waals surface area contributed by atoms with Gasteiger partial charge in [-0.3, -0.25) is 0 Å². The molecule has 6 nitrogen and oxygen atoms in total. The zero-order valence-corrected chi connectivity index (χ0v) is 25.4. The van der Waals surface area contributed by atoms with E-state index in [4.69, 9.17) is 4.74 Å². The van der Waals surface area contributed by atoms with Crippen molar-refractivity contribution in [3.05, 3.63) is 64.1 Å². The minimum absolute atomic E-state index is 0.199. The molecule has 0 radical (unpaired) electrons. The molecule has 6 heteroatoms. The van der Waals surface area contributed by atoms with Crippen molar-refractivity contribution in [2.24, 2.45) is 5.92 Å². The Balaban J connectivity index is 1.72. The van der Waals surface area contributed by atoms with E-state index in [9.17, 15) is 4.79 Å². The number of hydrogen-bond donors (Lipinski definition) is 0. The molecule has 0 bridgehead atoms. The molecule has 0 saturated carbocycles. The number of pyridine rings is 1. The Morgan fingerprint density at radius 1 is 1.08 bits per heavy atom. The number of aryl methyl sites for hydroxylation is 2. The first kappa shape index (κ1) is 28.8. The number of aromatic nitrogens is 3. The van der Waals surface area contributed by atoms with Crippen LogP contribution in [0.5, 0.6) is 0 Å². The molecule has 2 aromatic heterocycles. The van der Waals surface area contributed by atoms with Gasteiger partial charge in [-0.25, -0.2) is 14.3 Å². The third-order valence-electron chi connectivity index (χ3n) is 8.02. The van der Waals surface area contributed by atoms with Gasteiger partial charge in [-0.2, -0.15) is 5.10 Å². The molecular weight excluding hydrogens is 484 g/mol. The van der Waals surface area contributed by atoms with Gasteiger partial charge in [0.05, 0.1) is 0 Å². The molecule has 0 spiro atoms. The molecule has 0 aliphatic carbocycles. The van der Waals surface area contributed by atoms with Crippen LogP contribution in [0.2, 0.25) is 0 Å². The van der Waals surface area contributed by atoms with E-state index in [1.807, 2.05) is 30.2 Å². The van der Waals surface area contributed by atoms with Crippen LogP contribution >= 0.6 is 0 Å². The molecular formula is C33H46N4O2. The first-order valence-electron chi connectivity index (χ1n) is 14.5. The normalized spacial score (nSPS) is 15.7. The van der Waals surface area contributed by atoms with E-state index in [-0.39, 0.29) is 6.09 Å². The van der Waals surface area contributed by atoms with E-state index in [2.05, 4.69) is 76.0 Å². The highest BCUT2D eigenvalue weighted by Gasteiger charge is 2.28. The Labute approximate surface area is 234 Å². The fourth-order valence-electron chi connectivity index (χ4n) is 5.90. The highest BCUT2D eigenvalue weighted by molar-refractivity contribution is 5.93. The largest absolute Gasteiger partial charge is 0.444 e. The van der Waals surface area contributed by atoms with E-state index in [1.54, 1.807) is 6.33 Å². The van der Waals surface area contributed by atoms with Gasteiger partial charge in [0.15, 0.2) is 5.65 Å². The number of rotatable bonds is 6. The van der Waals surface area contributed by atoms with Crippen molar-refractivity contribution in [2.45, 2.75) is 99.5 Å². The van der Waals surface area contributed by atoms with Gasteiger partial charge in [0.1, 0.15) is 11.9 Å². The summed E-state index contributed by atoms with van der Waals surface area (Å²) < 4.78 is 7.54. The fraction of sp³-hybridized carbons (Fsp3) is 0.545. The standard InChI is InChI=1S/C33H46N4O2/c1-10-11-27(29-19-37-31(34-20-35-37)24(6)23(29)5)30(21(2)3)28-18-26(13-12-22(28)4)25-14-16-36(17-15-25)32(38)39-33(7,8)9/h12-13,18-21,25H,10-11,14-17H2,1-9H3/b30-27+. The number of hydrogen-bond acceptors (Lipinski definition) is 4. The maximum atomic E-state index is 12.6. The number of carbonyl (C=O) groups excluding carboxylic acids is 1. The second-order valence-electron chi connectivity index (χ2n) is 12.4. The van der Waals surface area contributed by atoms with Gasteiger partial charge in [0.2, 0.25) is 0 Å². The van der Waals surface area contributed by atoms with E-state index in [1.165, 1.54) is 44.5 Å². The van der Waals surface area contributed by atoms with Crippen molar-refractivity contribution in [2.75, 3.05) is 13.1 Å². The number of amides is 1. The molecule has 3 aromatic rings. The lowest BCUT2D eigenvalue weighted by atomic mass is 9.80. The maximum Gasteiger partial charge on any atom is 0.410 e. The lowest BCUT2D eigenvalue weighted by Crippen LogP contribution is -2.41. The number of piperidine rings is 1. The van der Waals surface area contributed by atoms with Crippen LogP contribution < -0.4 is 0 Å². The molecule has 0 unspecified atom stereocenters. The van der Waals surface area contributed by atoms with Crippen LogP contribution in [0, 0.1) is 26.7 Å². The molecule has 1 aromatic carbocycles. The summed E-state index contributed by atoms with van der Waals surface area (Å²) in [5.41, 5.74) is 11.0. The van der Waals surface area contributed by atoms with Gasteiger partial charge in [0.25, 0.3) is 0 Å². The van der Waals surface area contributed by atoms with Crippen LogP contribution in [0.1, 0.15) is 107 Å². The number of nitrogens with zero attached hydrogens (tertiary/aromatic N) is 4. The van der Waals surface area contributed by atoms with Gasteiger partial charge in [-0.1, -0.05) is 45.4 Å². The lowest BCUT2D eigenvalue weighted by molar-refractivity contribution is 0.0205. The third-order valence-corrected chi connectivity index (χ3v) is 8.02. The van der Waals surface area contributed by atoms with Crippen molar-refractivity contribution in [1.82, 2.24) is 19.5 Å². The number of benzene rings is 1. The van der Waals surface area contributed by atoms with E-state index in [0.29, 0.717) is 11.8 Å². The van der Waals surface area contributed by atoms with Gasteiger partial charge < -0.3 is 9.64 Å². The highest BCUT2D eigenvalue weighted by atomic mass is 16.6. The second-order valence-corrected chi connectivity index (χ2v) is 12.4. The summed E-state index contributed by atoms with van der Waals surface area (Å²) in [6.45, 7) is 20.7. The zero-order valence-electron chi connectivity index (χ0n) is 25.4. The van der Waals surface area contributed by atoms with Crippen molar-refractivity contribution in [3.8, 4) is 0 Å². The number of allylic oxidation sites excluding steroid dienone is 2. The summed E-state index contributed by atoms with van der Waals surface area (Å²) in [5, 5.41) is 4.48. The van der Waals surface area contributed by atoms with Crippen LogP contribution in [0.15, 0.2) is 30.7 Å². The summed E-state index contributed by atoms with van der Waals surface area (Å²) in [4.78, 5) is 18.9. The molecule has 3 heterocycles. The number of carbonyl (C=O) groups is 1. The minimum atomic E-state index is -0.467. The van der Waals surface area contributed by atoms with Crippen LogP contribution in [0.25, 0.3) is 16.8 Å². The Bertz CT molecular complexity index is 1370. The predicted octanol–water partition coefficient (Wildman–Crippen LogP) is 8.14. The molecule has 1 fully saturated rings. The molecule has 39 heavy (non-hydrogen) atoms. The quantitative estimate of drug-likeness (QED) is 0.323. The van der Waals surface area contributed by atoms with Gasteiger partial charge in [-0.05, 0) is 117 Å². The number of likely N-dealkylation sites (tertiary alicyclic amines) is 1. The van der Waals surface area contributed by atoms with Crippen LogP contribution in [0.4, 0.5) is 4.79 Å². The molecule has 1 amide bonds. The molecule has 210 valence electrons. The Morgan fingerprint density at radius 2 is 1.77 bits per heavy atom. The molecule has 1 saturated heterocycles. The SMILES string of the molecule is CCC/C(=C(\c1cc(C2CCN(C(=O)OC(C)(C)C)CC2)ccc1C)C(C)C)c1cn2ncnc2c(C)c1C. The fourth-order valence-corrected chi connectivity index (χ4v) is 5.90. The van der Waals surface area contributed by atoms with Crippen molar-refractivity contribution < 1.29 is 9.53 Å². The Morgan fingerprint density at radius 3 is 2.38 bits per heavy atom. The van der Waals surface area contributed by atoms with Crippen molar-refractivity contribution >= 4 is 22.9 Å². The van der Waals surface area contributed by atoms with Crippen LogP contribution in [-0.4, -0.2) is 44.3 Å². The summed E-state index contributed by atoms with van der Waals surface area (Å²) in [7, 11) is 0. The summed E-state index contributed by atoms with van der Waals surface area (Å²) >= 11 is 0. The number of fused-ring (bicyclic) bond motifs is 1. The highest BCUT2D eigenvalue weighted by Crippen LogP contribution is 2.40. The molecule has 0 N–H and O–H groups in total. The van der Waals surface area contributed by atoms with Gasteiger partial charge >= 0.3 is 6.09 Å². The number of ether oxygens (including phenoxy) is 1. The maximum absolute atomic E-state index is 12.6. The molecule has 4 rings (SSSR count).